The molecule has 0 spiro atoms. The first-order valence-corrected chi connectivity index (χ1v) is 5.59. The van der Waals surface area contributed by atoms with Crippen LogP contribution >= 0.6 is 15.9 Å². The van der Waals surface area contributed by atoms with Crippen LogP contribution in [0, 0.1) is 0 Å². The molecule has 0 saturated heterocycles. The number of nitrogens with one attached hydrogen (secondary N) is 1. The molecule has 0 aliphatic carbocycles. The fourth-order valence-corrected chi connectivity index (χ4v) is 1.45. The molecule has 0 aliphatic heterocycles. The highest BCUT2D eigenvalue weighted by molar-refractivity contribution is 9.10. The van der Waals surface area contributed by atoms with Gasteiger partial charge in [0.25, 0.3) is 5.56 Å². The van der Waals surface area contributed by atoms with E-state index in [0.717, 1.165) is 4.57 Å². The van der Waals surface area contributed by atoms with Gasteiger partial charge in [0.1, 0.15) is 0 Å². The van der Waals surface area contributed by atoms with Crippen molar-refractivity contribution < 1.29 is 9.53 Å². The van der Waals surface area contributed by atoms with E-state index < -0.39 is 17.2 Å². The Morgan fingerprint density at radius 2 is 2.24 bits per heavy atom. The number of carbonyl (C=O) groups is 1. The third kappa shape index (κ3) is 3.42. The van der Waals surface area contributed by atoms with Crippen molar-refractivity contribution in [3.05, 3.63) is 43.7 Å². The van der Waals surface area contributed by atoms with Crippen LogP contribution in [0.1, 0.15) is 6.92 Å². The van der Waals surface area contributed by atoms with Gasteiger partial charge in [-0.1, -0.05) is 6.58 Å². The number of nitrogens with zero attached hydrogens (tertiary/aromatic N) is 1. The van der Waals surface area contributed by atoms with Crippen LogP contribution in [0.5, 0.6) is 0 Å². The van der Waals surface area contributed by atoms with Gasteiger partial charge in [0, 0.05) is 11.8 Å². The number of hydrogen-bond donors (Lipinski definition) is 1. The van der Waals surface area contributed by atoms with E-state index in [2.05, 4.69) is 27.5 Å². The molecule has 1 rings (SSSR count). The van der Waals surface area contributed by atoms with E-state index in [4.69, 9.17) is 4.74 Å². The van der Waals surface area contributed by atoms with E-state index in [1.165, 1.54) is 6.20 Å². The largest absolute Gasteiger partial charge is 0.463 e. The van der Waals surface area contributed by atoms with Gasteiger partial charge in [0.15, 0.2) is 0 Å². The minimum Gasteiger partial charge on any atom is -0.463 e. The summed E-state index contributed by atoms with van der Waals surface area (Å²) in [6.45, 7) is 5.40. The second kappa shape index (κ2) is 5.62. The van der Waals surface area contributed by atoms with Gasteiger partial charge in [-0.05, 0) is 22.9 Å². The molecule has 0 bridgehead atoms. The SMILES string of the molecule is C=C(Cn1cc(Br)c(=O)[nH]c1=O)C(=O)OCC. The maximum atomic E-state index is 11.4. The summed E-state index contributed by atoms with van der Waals surface area (Å²) < 4.78 is 6.09. The van der Waals surface area contributed by atoms with Crippen LogP contribution in [-0.2, 0) is 16.1 Å². The molecule has 0 aromatic carbocycles. The molecule has 0 unspecified atom stereocenters. The van der Waals surface area contributed by atoms with Crippen LogP contribution in [0.4, 0.5) is 0 Å². The van der Waals surface area contributed by atoms with Crippen molar-refractivity contribution in [1.29, 1.82) is 0 Å². The van der Waals surface area contributed by atoms with Gasteiger partial charge >= 0.3 is 11.7 Å². The lowest BCUT2D eigenvalue weighted by molar-refractivity contribution is -0.138. The van der Waals surface area contributed by atoms with Crippen LogP contribution in [0.3, 0.4) is 0 Å². The number of halogens is 1. The molecule has 1 N–H and O–H groups in total. The first-order valence-electron chi connectivity index (χ1n) is 4.80. The molecule has 0 atom stereocenters. The molecule has 92 valence electrons. The Morgan fingerprint density at radius 3 is 2.82 bits per heavy atom. The van der Waals surface area contributed by atoms with Gasteiger partial charge in [0.05, 0.1) is 17.6 Å². The summed E-state index contributed by atoms with van der Waals surface area (Å²) in [6, 6.07) is 0. The molecule has 1 aromatic heterocycles. The van der Waals surface area contributed by atoms with Gasteiger partial charge in [-0.15, -0.1) is 0 Å². The second-order valence-corrected chi connectivity index (χ2v) is 4.04. The number of aromatic amines is 1. The zero-order valence-corrected chi connectivity index (χ0v) is 10.7. The quantitative estimate of drug-likeness (QED) is 0.645. The average Bonchev–Trinajstić information content (AvgIpc) is 2.26. The lowest BCUT2D eigenvalue weighted by Gasteiger charge is -2.07. The number of hydrogen-bond acceptors (Lipinski definition) is 4. The van der Waals surface area contributed by atoms with E-state index in [-0.39, 0.29) is 23.2 Å². The zero-order valence-electron chi connectivity index (χ0n) is 9.16. The second-order valence-electron chi connectivity index (χ2n) is 3.19. The molecular weight excluding hydrogens is 292 g/mol. The van der Waals surface area contributed by atoms with Gasteiger partial charge in [-0.25, -0.2) is 9.59 Å². The molecule has 0 fully saturated rings. The van der Waals surface area contributed by atoms with E-state index in [1.807, 2.05) is 0 Å². The number of aromatic nitrogens is 2. The van der Waals surface area contributed by atoms with E-state index >= 15 is 0 Å². The smallest absolute Gasteiger partial charge is 0.335 e. The van der Waals surface area contributed by atoms with Crippen LogP contribution in [0.15, 0.2) is 32.4 Å². The van der Waals surface area contributed by atoms with Crippen molar-refractivity contribution in [2.75, 3.05) is 6.61 Å². The maximum Gasteiger partial charge on any atom is 0.335 e. The molecule has 0 aliphatic rings. The Morgan fingerprint density at radius 1 is 1.59 bits per heavy atom. The number of carbonyl (C=O) groups excluding carboxylic acids is 1. The molecule has 0 amide bonds. The number of esters is 1. The van der Waals surface area contributed by atoms with Gasteiger partial charge in [-0.2, -0.15) is 0 Å². The Hall–Kier alpha value is -1.63. The number of ether oxygens (including phenoxy) is 1. The molecule has 17 heavy (non-hydrogen) atoms. The van der Waals surface area contributed by atoms with E-state index in [1.54, 1.807) is 6.92 Å². The highest BCUT2D eigenvalue weighted by Crippen LogP contribution is 2.02. The third-order valence-electron chi connectivity index (χ3n) is 1.89. The van der Waals surface area contributed by atoms with Crippen molar-refractivity contribution in [3.63, 3.8) is 0 Å². The van der Waals surface area contributed by atoms with Crippen molar-refractivity contribution in [1.82, 2.24) is 9.55 Å². The fraction of sp³-hybridized carbons (Fsp3) is 0.300. The molecule has 0 saturated carbocycles. The fourth-order valence-electron chi connectivity index (χ4n) is 1.10. The molecule has 0 radical (unpaired) electrons. The van der Waals surface area contributed by atoms with Gasteiger partial charge in [-0.3, -0.25) is 14.3 Å². The predicted octanol–water partition coefficient (Wildman–Crippen LogP) is 0.418. The summed E-state index contributed by atoms with van der Waals surface area (Å²) in [6.07, 6.45) is 1.30. The van der Waals surface area contributed by atoms with Crippen LogP contribution in [0.2, 0.25) is 0 Å². The third-order valence-corrected chi connectivity index (χ3v) is 2.46. The molecule has 1 heterocycles. The van der Waals surface area contributed by atoms with Crippen molar-refractivity contribution in [2.45, 2.75) is 13.5 Å². The average molecular weight is 303 g/mol. The minimum atomic E-state index is -0.608. The van der Waals surface area contributed by atoms with Crippen LogP contribution in [-0.4, -0.2) is 22.1 Å². The van der Waals surface area contributed by atoms with Crippen LogP contribution in [0.25, 0.3) is 0 Å². The normalized spacial score (nSPS) is 10.0. The molecule has 7 heteroatoms. The van der Waals surface area contributed by atoms with E-state index in [0.29, 0.717) is 0 Å². The predicted molar refractivity (Wildman–Crippen MR) is 64.8 cm³/mol. The van der Waals surface area contributed by atoms with Gasteiger partial charge < -0.3 is 4.74 Å². The summed E-state index contributed by atoms with van der Waals surface area (Å²) in [5.41, 5.74) is -0.996. The summed E-state index contributed by atoms with van der Waals surface area (Å²) in [4.78, 5) is 35.9. The van der Waals surface area contributed by atoms with Crippen molar-refractivity contribution in [2.24, 2.45) is 0 Å². The zero-order chi connectivity index (χ0) is 13.0. The number of H-pyrrole nitrogens is 1. The lowest BCUT2D eigenvalue weighted by atomic mass is 10.3. The molecular formula is C10H11BrN2O4. The highest BCUT2D eigenvalue weighted by atomic mass is 79.9. The molecule has 6 nitrogen and oxygen atoms in total. The minimum absolute atomic E-state index is 0.0347. The summed E-state index contributed by atoms with van der Waals surface area (Å²) in [7, 11) is 0. The summed E-state index contributed by atoms with van der Waals surface area (Å²) in [5, 5.41) is 0. The van der Waals surface area contributed by atoms with Crippen molar-refractivity contribution >= 4 is 21.9 Å². The Bertz CT molecular complexity index is 558. The Kier molecular flexibility index (Phi) is 4.45. The van der Waals surface area contributed by atoms with Crippen molar-refractivity contribution in [3.8, 4) is 0 Å². The lowest BCUT2D eigenvalue weighted by Crippen LogP contribution is -2.31. The molecule has 1 aromatic rings. The van der Waals surface area contributed by atoms with E-state index in [9.17, 15) is 14.4 Å². The first kappa shape index (κ1) is 13.4. The van der Waals surface area contributed by atoms with Crippen LogP contribution < -0.4 is 11.2 Å². The Labute approximate surface area is 105 Å². The number of rotatable bonds is 4. The highest BCUT2D eigenvalue weighted by Gasteiger charge is 2.10. The Balaban J connectivity index is 2.93. The topological polar surface area (TPSA) is 81.2 Å². The maximum absolute atomic E-state index is 11.4. The summed E-state index contributed by atoms with van der Waals surface area (Å²) in [5.74, 6) is -0.568. The standard InChI is InChI=1S/C10H11BrN2O4/c1-3-17-9(15)6(2)4-13-5-7(11)8(14)12-10(13)16/h5H,2-4H2,1H3,(H,12,14,16). The summed E-state index contributed by atoms with van der Waals surface area (Å²) >= 11 is 2.99. The first-order chi connectivity index (χ1) is 7.95. The monoisotopic (exact) mass is 302 g/mol. The van der Waals surface area contributed by atoms with Gasteiger partial charge in [0.2, 0.25) is 0 Å².